The van der Waals surface area contributed by atoms with Crippen LogP contribution in [0.25, 0.3) is 0 Å². The standard InChI is InChI=1S/C54H42O6/c1-34-43(46(49(55)37-22-10-4-11-23-37)50(56)38-24-12-5-13-25-38)35(2)45(48(53(59)41-30-18-8-19-31-41)54(60)42-32-20-9-21-33-42)36(3)44(34)47(51(57)39-26-14-6-15-27-39)52(58)40-28-16-7-17-29-40/h4-33,46-48H,1-3H3. The van der Waals surface area contributed by atoms with Crippen LogP contribution >= 0.6 is 0 Å². The molecule has 6 nitrogen and oxygen atoms in total. The van der Waals surface area contributed by atoms with Gasteiger partial charge in [-0.2, -0.15) is 0 Å². The molecule has 0 atom stereocenters. The van der Waals surface area contributed by atoms with Gasteiger partial charge in [-0.25, -0.2) is 0 Å². The molecule has 0 heterocycles. The van der Waals surface area contributed by atoms with Crippen molar-refractivity contribution in [1.82, 2.24) is 0 Å². The Balaban J connectivity index is 1.63. The first-order valence-corrected chi connectivity index (χ1v) is 19.8. The van der Waals surface area contributed by atoms with Crippen LogP contribution in [0.4, 0.5) is 0 Å². The topological polar surface area (TPSA) is 102 Å². The average Bonchev–Trinajstić information content (AvgIpc) is 3.31. The first-order chi connectivity index (χ1) is 29.1. The molecule has 7 rings (SSSR count). The Kier molecular flexibility index (Phi) is 12.2. The molecule has 0 fully saturated rings. The minimum absolute atomic E-state index is 0.228. The number of Topliss-reactive ketones (excluding diaryl/α,β-unsaturated/α-hetero) is 6. The predicted octanol–water partition coefficient (Wildman–Crippen LogP) is 11.2. The third-order valence-electron chi connectivity index (χ3n) is 11.2. The van der Waals surface area contributed by atoms with Crippen molar-refractivity contribution >= 4 is 34.7 Å². The van der Waals surface area contributed by atoms with Gasteiger partial charge < -0.3 is 0 Å². The van der Waals surface area contributed by atoms with Crippen molar-refractivity contribution in [3.8, 4) is 0 Å². The summed E-state index contributed by atoms with van der Waals surface area (Å²) in [6.45, 7) is 5.15. The molecular weight excluding hydrogens is 745 g/mol. The normalized spacial score (nSPS) is 11.1. The summed E-state index contributed by atoms with van der Waals surface area (Å²) in [6, 6.07) is 50.8. The molecule has 0 bridgehead atoms. The predicted molar refractivity (Wildman–Crippen MR) is 234 cm³/mol. The van der Waals surface area contributed by atoms with Crippen molar-refractivity contribution in [2.75, 3.05) is 0 Å². The molecule has 60 heavy (non-hydrogen) atoms. The van der Waals surface area contributed by atoms with E-state index in [0.717, 1.165) is 0 Å². The molecule has 0 amide bonds. The van der Waals surface area contributed by atoms with Gasteiger partial charge in [-0.1, -0.05) is 182 Å². The number of ketones is 6. The van der Waals surface area contributed by atoms with Gasteiger partial charge in [-0.3, -0.25) is 28.8 Å². The molecule has 7 aromatic rings. The van der Waals surface area contributed by atoms with E-state index >= 15 is 28.8 Å². The number of carbonyl (C=O) groups is 6. The van der Waals surface area contributed by atoms with Gasteiger partial charge in [0.25, 0.3) is 0 Å². The zero-order chi connectivity index (χ0) is 42.3. The highest BCUT2D eigenvalue weighted by atomic mass is 16.2. The molecule has 7 aromatic carbocycles. The number of rotatable bonds is 15. The Labute approximate surface area is 349 Å². The lowest BCUT2D eigenvalue weighted by atomic mass is 9.69. The van der Waals surface area contributed by atoms with Gasteiger partial charge in [0.1, 0.15) is 17.8 Å². The maximum atomic E-state index is 15.0. The van der Waals surface area contributed by atoms with Crippen LogP contribution in [0.15, 0.2) is 182 Å². The number of carbonyl (C=O) groups excluding carboxylic acids is 6. The number of hydrogen-bond donors (Lipinski definition) is 0. The molecule has 0 aliphatic rings. The van der Waals surface area contributed by atoms with Gasteiger partial charge in [0, 0.05) is 33.4 Å². The van der Waals surface area contributed by atoms with Crippen molar-refractivity contribution in [1.29, 1.82) is 0 Å². The molecule has 0 unspecified atom stereocenters. The molecule has 6 heteroatoms. The van der Waals surface area contributed by atoms with E-state index in [1.54, 1.807) is 203 Å². The SMILES string of the molecule is Cc1c(C(C(=O)c2ccccc2)C(=O)c2ccccc2)c(C)c(C(C(=O)c2ccccc2)C(=O)c2ccccc2)c(C)c1C(C(=O)c1ccccc1)C(=O)c1ccccc1. The minimum atomic E-state index is -1.49. The molecule has 0 aliphatic carbocycles. The van der Waals surface area contributed by atoms with E-state index in [9.17, 15) is 0 Å². The smallest absolute Gasteiger partial charge is 0.178 e. The Morgan fingerprint density at radius 1 is 0.250 bits per heavy atom. The second-order valence-electron chi connectivity index (χ2n) is 14.8. The highest BCUT2D eigenvalue weighted by Gasteiger charge is 2.42. The van der Waals surface area contributed by atoms with Crippen LogP contribution in [0.5, 0.6) is 0 Å². The third kappa shape index (κ3) is 8.00. The van der Waals surface area contributed by atoms with Gasteiger partial charge in [-0.05, 0) is 54.2 Å². The summed E-state index contributed by atoms with van der Waals surface area (Å²) in [4.78, 5) is 90.3. The Bertz CT molecular complexity index is 2230. The fourth-order valence-corrected chi connectivity index (χ4v) is 8.34. The Morgan fingerprint density at radius 2 is 0.383 bits per heavy atom. The lowest BCUT2D eigenvalue weighted by Gasteiger charge is -2.31. The Morgan fingerprint density at radius 3 is 0.517 bits per heavy atom. The van der Waals surface area contributed by atoms with Gasteiger partial charge in [0.2, 0.25) is 0 Å². The highest BCUT2D eigenvalue weighted by molar-refractivity contribution is 6.24. The number of hydrogen-bond acceptors (Lipinski definition) is 6. The summed E-state index contributed by atoms with van der Waals surface area (Å²) < 4.78 is 0. The van der Waals surface area contributed by atoms with E-state index in [2.05, 4.69) is 0 Å². The quantitative estimate of drug-likeness (QED) is 0.0757. The van der Waals surface area contributed by atoms with Crippen LogP contribution in [-0.4, -0.2) is 34.7 Å². The molecule has 0 radical (unpaired) electrons. The van der Waals surface area contributed by atoms with E-state index in [1.165, 1.54) is 0 Å². The lowest BCUT2D eigenvalue weighted by Crippen LogP contribution is -2.31. The highest BCUT2D eigenvalue weighted by Crippen LogP contribution is 2.44. The van der Waals surface area contributed by atoms with Crippen LogP contribution in [0.3, 0.4) is 0 Å². The molecule has 294 valence electrons. The molecule has 0 spiro atoms. The maximum Gasteiger partial charge on any atom is 0.178 e. The van der Waals surface area contributed by atoms with Crippen molar-refractivity contribution < 1.29 is 28.8 Å². The fraction of sp³-hybridized carbons (Fsp3) is 0.111. The largest absolute Gasteiger partial charge is 0.293 e. The van der Waals surface area contributed by atoms with Crippen LogP contribution in [0.2, 0.25) is 0 Å². The van der Waals surface area contributed by atoms with Gasteiger partial charge in [-0.15, -0.1) is 0 Å². The van der Waals surface area contributed by atoms with Crippen LogP contribution in [0.1, 0.15) is 113 Å². The number of benzene rings is 7. The monoisotopic (exact) mass is 786 g/mol. The first kappa shape index (κ1) is 40.7. The summed E-state index contributed by atoms with van der Waals surface area (Å²) in [7, 11) is 0. The lowest BCUT2D eigenvalue weighted by molar-refractivity contribution is 0.0848. The van der Waals surface area contributed by atoms with Crippen LogP contribution < -0.4 is 0 Å². The van der Waals surface area contributed by atoms with Crippen LogP contribution in [-0.2, 0) is 0 Å². The maximum absolute atomic E-state index is 15.0. The molecule has 0 saturated heterocycles. The molecule has 0 aliphatic heterocycles. The van der Waals surface area contributed by atoms with Crippen molar-refractivity contribution in [2.45, 2.75) is 38.5 Å². The van der Waals surface area contributed by atoms with E-state index in [0.29, 0.717) is 16.7 Å². The van der Waals surface area contributed by atoms with Crippen molar-refractivity contribution in [3.05, 3.63) is 249 Å². The van der Waals surface area contributed by atoms with E-state index in [4.69, 9.17) is 0 Å². The molecular formula is C54H42O6. The summed E-state index contributed by atoms with van der Waals surface area (Å²) in [5.74, 6) is -7.58. The summed E-state index contributed by atoms with van der Waals surface area (Å²) in [5.41, 5.74) is 3.38. The molecule has 0 aromatic heterocycles. The zero-order valence-electron chi connectivity index (χ0n) is 33.5. The fourth-order valence-electron chi connectivity index (χ4n) is 8.34. The summed E-state index contributed by atoms with van der Waals surface area (Å²) in [5, 5.41) is 0. The second-order valence-corrected chi connectivity index (χ2v) is 14.8. The minimum Gasteiger partial charge on any atom is -0.293 e. The van der Waals surface area contributed by atoms with E-state index < -0.39 is 52.5 Å². The van der Waals surface area contributed by atoms with E-state index in [1.807, 2.05) is 0 Å². The zero-order valence-corrected chi connectivity index (χ0v) is 33.5. The first-order valence-electron chi connectivity index (χ1n) is 19.8. The molecule has 0 N–H and O–H groups in total. The summed E-state index contributed by atoms with van der Waals surface area (Å²) >= 11 is 0. The van der Waals surface area contributed by atoms with Crippen LogP contribution in [0, 0.1) is 20.8 Å². The van der Waals surface area contributed by atoms with Gasteiger partial charge in [0.15, 0.2) is 34.7 Å². The second kappa shape index (κ2) is 18.0. The van der Waals surface area contributed by atoms with Gasteiger partial charge >= 0.3 is 0 Å². The van der Waals surface area contributed by atoms with Crippen molar-refractivity contribution in [3.63, 3.8) is 0 Å². The third-order valence-corrected chi connectivity index (χ3v) is 11.2. The van der Waals surface area contributed by atoms with Gasteiger partial charge in [0.05, 0.1) is 0 Å². The average molecular weight is 787 g/mol. The van der Waals surface area contributed by atoms with Crippen molar-refractivity contribution in [2.24, 2.45) is 0 Å². The molecule has 0 saturated carbocycles. The summed E-state index contributed by atoms with van der Waals surface area (Å²) in [6.07, 6.45) is 0. The Hall–Kier alpha value is -7.44. The van der Waals surface area contributed by atoms with E-state index in [-0.39, 0.29) is 50.1 Å².